The topological polar surface area (TPSA) is 70.7 Å². The highest BCUT2D eigenvalue weighted by molar-refractivity contribution is 5.96. The third kappa shape index (κ3) is 7.49. The van der Waals surface area contributed by atoms with Crippen molar-refractivity contribution in [2.24, 2.45) is 5.92 Å². The Bertz CT molecular complexity index is 739. The lowest BCUT2D eigenvalue weighted by Gasteiger charge is -2.26. The normalized spacial score (nSPS) is 17.9. The highest BCUT2D eigenvalue weighted by Gasteiger charge is 2.22. The van der Waals surface area contributed by atoms with E-state index in [9.17, 15) is 14.0 Å². The number of benzene rings is 1. The molecule has 1 atom stereocenters. The number of imide groups is 1. The summed E-state index contributed by atoms with van der Waals surface area (Å²) in [4.78, 5) is 24.5. The summed E-state index contributed by atoms with van der Waals surface area (Å²) in [5.74, 6) is 0.481. The van der Waals surface area contributed by atoms with E-state index in [1.54, 1.807) is 4.90 Å². The standard InChI is InChI=1S/C24H36FN3O3/c1-18(20-10-11-21(25)22(16-20)31-17-19-8-7-9-19)26-13-5-3-2-4-6-14-28-15-12-23(29)27-24(28)30/h10-11,16,18-19,26H,2-9,12-15,17H2,1H3,(H,27,29,30)/t18-/m1/s1. The molecule has 6 nitrogen and oxygen atoms in total. The van der Waals surface area contributed by atoms with Crippen LogP contribution in [0.25, 0.3) is 0 Å². The van der Waals surface area contributed by atoms with Crippen LogP contribution >= 0.6 is 0 Å². The summed E-state index contributed by atoms with van der Waals surface area (Å²) in [5.41, 5.74) is 1.04. The lowest BCUT2D eigenvalue weighted by atomic mass is 9.86. The number of hydrogen-bond donors (Lipinski definition) is 2. The summed E-state index contributed by atoms with van der Waals surface area (Å²) in [7, 11) is 0. The molecule has 1 saturated carbocycles. The molecule has 31 heavy (non-hydrogen) atoms. The number of ether oxygens (including phenoxy) is 1. The van der Waals surface area contributed by atoms with Crippen LogP contribution in [-0.4, -0.2) is 43.1 Å². The van der Waals surface area contributed by atoms with Gasteiger partial charge in [-0.2, -0.15) is 0 Å². The third-order valence-electron chi connectivity index (χ3n) is 6.35. The van der Waals surface area contributed by atoms with Crippen LogP contribution in [0.4, 0.5) is 9.18 Å². The van der Waals surface area contributed by atoms with E-state index in [0.717, 1.165) is 44.2 Å². The Balaban J connectivity index is 1.25. The van der Waals surface area contributed by atoms with Gasteiger partial charge in [0.25, 0.3) is 0 Å². The number of carbonyl (C=O) groups excluding carboxylic acids is 2. The molecule has 7 heteroatoms. The Kier molecular flexibility index (Phi) is 9.13. The summed E-state index contributed by atoms with van der Waals surface area (Å²) >= 11 is 0. The van der Waals surface area contributed by atoms with Crippen molar-refractivity contribution in [3.8, 4) is 5.75 Å². The molecule has 1 aromatic rings. The van der Waals surface area contributed by atoms with E-state index in [2.05, 4.69) is 17.6 Å². The quantitative estimate of drug-likeness (QED) is 0.448. The van der Waals surface area contributed by atoms with E-state index in [1.165, 1.54) is 25.3 Å². The molecule has 1 saturated heterocycles. The smallest absolute Gasteiger partial charge is 0.324 e. The maximum atomic E-state index is 14.0. The molecule has 2 N–H and O–H groups in total. The zero-order chi connectivity index (χ0) is 22.1. The number of carbonyl (C=O) groups is 2. The largest absolute Gasteiger partial charge is 0.490 e. The number of unbranched alkanes of at least 4 members (excludes halogenated alkanes) is 4. The number of halogens is 1. The van der Waals surface area contributed by atoms with Gasteiger partial charge in [0.2, 0.25) is 5.91 Å². The van der Waals surface area contributed by atoms with Crippen molar-refractivity contribution in [2.45, 2.75) is 70.8 Å². The number of rotatable bonds is 13. The van der Waals surface area contributed by atoms with Crippen LogP contribution in [0.1, 0.15) is 76.3 Å². The molecule has 0 radical (unpaired) electrons. The first kappa shape index (κ1) is 23.5. The van der Waals surface area contributed by atoms with Crippen molar-refractivity contribution in [2.75, 3.05) is 26.2 Å². The molecule has 0 spiro atoms. The van der Waals surface area contributed by atoms with Crippen molar-refractivity contribution >= 4 is 11.9 Å². The monoisotopic (exact) mass is 433 g/mol. The molecule has 1 aliphatic heterocycles. The summed E-state index contributed by atoms with van der Waals surface area (Å²) in [6.07, 6.45) is 9.41. The van der Waals surface area contributed by atoms with Gasteiger partial charge in [-0.15, -0.1) is 0 Å². The molecule has 172 valence electrons. The van der Waals surface area contributed by atoms with Gasteiger partial charge in [0.05, 0.1) is 6.61 Å². The van der Waals surface area contributed by atoms with Crippen molar-refractivity contribution in [3.63, 3.8) is 0 Å². The number of hydrogen-bond acceptors (Lipinski definition) is 4. The van der Waals surface area contributed by atoms with Gasteiger partial charge >= 0.3 is 6.03 Å². The average molecular weight is 434 g/mol. The van der Waals surface area contributed by atoms with Crippen LogP contribution in [0.15, 0.2) is 18.2 Å². The third-order valence-corrected chi connectivity index (χ3v) is 6.35. The number of nitrogens with zero attached hydrogens (tertiary/aromatic N) is 1. The summed E-state index contributed by atoms with van der Waals surface area (Å²) in [5, 5.41) is 5.87. The van der Waals surface area contributed by atoms with Gasteiger partial charge in [-0.25, -0.2) is 9.18 Å². The summed E-state index contributed by atoms with van der Waals surface area (Å²) < 4.78 is 19.8. The van der Waals surface area contributed by atoms with Gasteiger partial charge in [-0.1, -0.05) is 31.7 Å². The fourth-order valence-electron chi connectivity index (χ4n) is 3.97. The first-order valence-electron chi connectivity index (χ1n) is 11.8. The number of urea groups is 1. The molecule has 1 heterocycles. The second-order valence-corrected chi connectivity index (χ2v) is 8.83. The van der Waals surface area contributed by atoms with Gasteiger partial charge < -0.3 is 15.0 Å². The van der Waals surface area contributed by atoms with Crippen LogP contribution in [0.5, 0.6) is 5.75 Å². The maximum Gasteiger partial charge on any atom is 0.324 e. The molecule has 3 rings (SSSR count). The fraction of sp³-hybridized carbons (Fsp3) is 0.667. The van der Waals surface area contributed by atoms with Crippen LogP contribution in [0.3, 0.4) is 0 Å². The van der Waals surface area contributed by atoms with Crippen molar-refractivity contribution in [3.05, 3.63) is 29.6 Å². The van der Waals surface area contributed by atoms with Gasteiger partial charge in [0.15, 0.2) is 11.6 Å². The minimum atomic E-state index is -0.288. The lowest BCUT2D eigenvalue weighted by molar-refractivity contribution is -0.121. The van der Waals surface area contributed by atoms with Crippen molar-refractivity contribution in [1.82, 2.24) is 15.5 Å². The first-order valence-corrected chi connectivity index (χ1v) is 11.8. The van der Waals surface area contributed by atoms with Crippen LogP contribution < -0.4 is 15.4 Å². The highest BCUT2D eigenvalue weighted by Crippen LogP contribution is 2.29. The van der Waals surface area contributed by atoms with Crippen molar-refractivity contribution < 1.29 is 18.7 Å². The molecule has 2 aliphatic rings. The fourth-order valence-corrected chi connectivity index (χ4v) is 3.97. The summed E-state index contributed by atoms with van der Waals surface area (Å²) in [6, 6.07) is 5.05. The van der Waals surface area contributed by atoms with Crippen LogP contribution in [-0.2, 0) is 4.79 Å². The first-order chi connectivity index (χ1) is 15.0. The number of amides is 3. The minimum Gasteiger partial charge on any atom is -0.490 e. The molecule has 2 fully saturated rings. The van der Waals surface area contributed by atoms with Gasteiger partial charge in [-0.3, -0.25) is 10.1 Å². The van der Waals surface area contributed by atoms with Gasteiger partial charge in [0.1, 0.15) is 0 Å². The average Bonchev–Trinajstić information content (AvgIpc) is 2.71. The predicted octanol–water partition coefficient (Wildman–Crippen LogP) is 4.55. The lowest BCUT2D eigenvalue weighted by Crippen LogP contribution is -2.49. The maximum absolute atomic E-state index is 14.0. The van der Waals surface area contributed by atoms with E-state index >= 15 is 0 Å². The Morgan fingerprint density at radius 1 is 1.19 bits per heavy atom. The number of nitrogens with one attached hydrogen (secondary N) is 2. The second kappa shape index (κ2) is 12.0. The Hall–Kier alpha value is -2.15. The van der Waals surface area contributed by atoms with Gasteiger partial charge in [0, 0.05) is 25.6 Å². The highest BCUT2D eigenvalue weighted by atomic mass is 19.1. The Morgan fingerprint density at radius 2 is 1.97 bits per heavy atom. The van der Waals surface area contributed by atoms with Crippen molar-refractivity contribution in [1.29, 1.82) is 0 Å². The molecular weight excluding hydrogens is 397 g/mol. The van der Waals surface area contributed by atoms with E-state index in [4.69, 9.17) is 4.74 Å². The van der Waals surface area contributed by atoms with E-state index in [0.29, 0.717) is 37.8 Å². The summed E-state index contributed by atoms with van der Waals surface area (Å²) in [6.45, 7) is 4.86. The zero-order valence-electron chi connectivity index (χ0n) is 18.6. The molecule has 0 aromatic heterocycles. The van der Waals surface area contributed by atoms with Crippen LogP contribution in [0, 0.1) is 11.7 Å². The van der Waals surface area contributed by atoms with E-state index in [-0.39, 0.29) is 23.8 Å². The second-order valence-electron chi connectivity index (χ2n) is 8.83. The zero-order valence-corrected chi connectivity index (χ0v) is 18.6. The van der Waals surface area contributed by atoms with E-state index < -0.39 is 0 Å². The molecule has 1 aliphatic carbocycles. The Morgan fingerprint density at radius 3 is 2.71 bits per heavy atom. The SMILES string of the molecule is C[C@@H](NCCCCCCCN1CCC(=O)NC1=O)c1ccc(F)c(OCC2CCC2)c1. The Labute approximate surface area is 184 Å². The minimum absolute atomic E-state index is 0.145. The molecular formula is C24H36FN3O3. The molecule has 0 unspecified atom stereocenters. The predicted molar refractivity (Wildman–Crippen MR) is 118 cm³/mol. The molecule has 1 aromatic carbocycles. The van der Waals surface area contributed by atoms with Gasteiger partial charge in [-0.05, 0) is 62.8 Å². The van der Waals surface area contributed by atoms with E-state index in [1.807, 2.05) is 12.1 Å². The molecule has 3 amide bonds. The van der Waals surface area contributed by atoms with Crippen LogP contribution in [0.2, 0.25) is 0 Å². The molecule has 0 bridgehead atoms.